The van der Waals surface area contributed by atoms with Crippen molar-refractivity contribution in [3.05, 3.63) is 62.7 Å². The van der Waals surface area contributed by atoms with Crippen LogP contribution in [0.5, 0.6) is 11.5 Å². The number of rotatable bonds is 5. The number of hydrazone groups is 1. The molecule has 0 bridgehead atoms. The Morgan fingerprint density at radius 3 is 2.62 bits per heavy atom. The lowest BCUT2D eigenvalue weighted by atomic mass is 10.1. The number of nitrogens with zero attached hydrogens (tertiary/aromatic N) is 2. The molecule has 0 heterocycles. The first kappa shape index (κ1) is 17.2. The van der Waals surface area contributed by atoms with Gasteiger partial charge in [-0.25, -0.2) is 5.43 Å². The van der Waals surface area contributed by atoms with Crippen molar-refractivity contribution in [2.75, 3.05) is 7.11 Å². The maximum atomic E-state index is 11.9. The summed E-state index contributed by atoms with van der Waals surface area (Å²) < 4.78 is 4.93. The van der Waals surface area contributed by atoms with Crippen molar-refractivity contribution < 1.29 is 19.6 Å². The third-order valence-electron chi connectivity index (χ3n) is 3.00. The summed E-state index contributed by atoms with van der Waals surface area (Å²) >= 11 is 5.73. The van der Waals surface area contributed by atoms with E-state index >= 15 is 0 Å². The molecule has 0 radical (unpaired) electrons. The number of nitrogens with one attached hydrogen (secondary N) is 1. The SMILES string of the molecule is COc1cc(/C=N/NC(=O)c2ccc(Cl)cc2)c(O)c([N+](=O)[O-])c1. The van der Waals surface area contributed by atoms with Gasteiger partial charge in [-0.2, -0.15) is 5.10 Å². The number of hydrogen-bond donors (Lipinski definition) is 2. The molecule has 0 aliphatic carbocycles. The van der Waals surface area contributed by atoms with Crippen LogP contribution in [0, 0.1) is 10.1 Å². The summed E-state index contributed by atoms with van der Waals surface area (Å²) in [6.07, 6.45) is 1.08. The number of ether oxygens (including phenoxy) is 1. The van der Waals surface area contributed by atoms with E-state index in [1.807, 2.05) is 0 Å². The lowest BCUT2D eigenvalue weighted by molar-refractivity contribution is -0.385. The zero-order chi connectivity index (χ0) is 17.7. The van der Waals surface area contributed by atoms with E-state index in [1.54, 1.807) is 12.1 Å². The molecule has 2 aromatic rings. The summed E-state index contributed by atoms with van der Waals surface area (Å²) in [6, 6.07) is 8.57. The highest BCUT2D eigenvalue weighted by atomic mass is 35.5. The van der Waals surface area contributed by atoms with E-state index in [0.717, 1.165) is 12.3 Å². The zero-order valence-corrected chi connectivity index (χ0v) is 13.1. The second kappa shape index (κ2) is 7.42. The van der Waals surface area contributed by atoms with Gasteiger partial charge in [-0.15, -0.1) is 0 Å². The Kier molecular flexibility index (Phi) is 5.33. The summed E-state index contributed by atoms with van der Waals surface area (Å²) in [6.45, 7) is 0. The van der Waals surface area contributed by atoms with Crippen molar-refractivity contribution >= 4 is 29.4 Å². The summed E-state index contributed by atoms with van der Waals surface area (Å²) in [4.78, 5) is 22.0. The number of hydrogen-bond acceptors (Lipinski definition) is 6. The van der Waals surface area contributed by atoms with E-state index < -0.39 is 22.3 Å². The number of phenols is 1. The van der Waals surface area contributed by atoms with E-state index in [0.29, 0.717) is 10.6 Å². The fraction of sp³-hybridized carbons (Fsp3) is 0.0667. The van der Waals surface area contributed by atoms with Gasteiger partial charge >= 0.3 is 5.69 Å². The number of phenolic OH excluding ortho intramolecular Hbond substituents is 1. The second-order valence-corrected chi connectivity index (χ2v) is 4.98. The fourth-order valence-corrected chi connectivity index (χ4v) is 1.92. The van der Waals surface area contributed by atoms with Crippen molar-refractivity contribution in [1.82, 2.24) is 5.43 Å². The summed E-state index contributed by atoms with van der Waals surface area (Å²) in [5.41, 5.74) is 2.07. The molecule has 0 spiro atoms. The van der Waals surface area contributed by atoms with E-state index in [-0.39, 0.29) is 11.3 Å². The van der Waals surface area contributed by atoms with Gasteiger partial charge in [0.1, 0.15) is 5.75 Å². The molecule has 0 aliphatic rings. The Morgan fingerprint density at radius 1 is 1.38 bits per heavy atom. The normalized spacial score (nSPS) is 10.6. The van der Waals surface area contributed by atoms with Gasteiger partial charge in [0.15, 0.2) is 0 Å². The molecule has 0 fully saturated rings. The first-order chi connectivity index (χ1) is 11.4. The number of nitro benzene ring substituents is 1. The van der Waals surface area contributed by atoms with Gasteiger partial charge in [-0.05, 0) is 30.3 Å². The van der Waals surface area contributed by atoms with Crippen LogP contribution in [0.4, 0.5) is 5.69 Å². The lowest BCUT2D eigenvalue weighted by Crippen LogP contribution is -2.17. The number of methoxy groups -OCH3 is 1. The molecule has 8 nitrogen and oxygen atoms in total. The molecule has 124 valence electrons. The Labute approximate surface area is 141 Å². The van der Waals surface area contributed by atoms with Crippen molar-refractivity contribution in [1.29, 1.82) is 0 Å². The molecule has 0 saturated carbocycles. The minimum atomic E-state index is -0.749. The van der Waals surface area contributed by atoms with Crippen LogP contribution in [-0.2, 0) is 0 Å². The van der Waals surface area contributed by atoms with Gasteiger partial charge < -0.3 is 9.84 Å². The summed E-state index contributed by atoms with van der Waals surface area (Å²) in [5.74, 6) is -0.907. The van der Waals surface area contributed by atoms with Crippen LogP contribution in [0.1, 0.15) is 15.9 Å². The van der Waals surface area contributed by atoms with Crippen LogP contribution in [0.15, 0.2) is 41.5 Å². The second-order valence-electron chi connectivity index (χ2n) is 4.55. The van der Waals surface area contributed by atoms with Gasteiger partial charge in [-0.3, -0.25) is 14.9 Å². The molecule has 0 aliphatic heterocycles. The third-order valence-corrected chi connectivity index (χ3v) is 3.25. The molecule has 0 saturated heterocycles. The summed E-state index contributed by atoms with van der Waals surface area (Å²) in [5, 5.41) is 24.9. The number of carbonyl (C=O) groups excluding carboxylic acids is 1. The lowest BCUT2D eigenvalue weighted by Gasteiger charge is -2.05. The topological polar surface area (TPSA) is 114 Å². The third kappa shape index (κ3) is 3.99. The Bertz CT molecular complexity index is 806. The van der Waals surface area contributed by atoms with E-state index in [1.165, 1.54) is 25.3 Å². The first-order valence-electron chi connectivity index (χ1n) is 6.56. The summed E-state index contributed by atoms with van der Waals surface area (Å²) in [7, 11) is 1.33. The molecule has 2 N–H and O–H groups in total. The minimum Gasteiger partial charge on any atom is -0.502 e. The molecular formula is C15H12ClN3O5. The monoisotopic (exact) mass is 349 g/mol. The largest absolute Gasteiger partial charge is 0.502 e. The quantitative estimate of drug-likeness (QED) is 0.489. The minimum absolute atomic E-state index is 0.0254. The average Bonchev–Trinajstić information content (AvgIpc) is 2.56. The molecule has 2 rings (SSSR count). The number of carbonyl (C=O) groups is 1. The molecule has 0 aromatic heterocycles. The van der Waals surface area contributed by atoms with Crippen molar-refractivity contribution in [3.63, 3.8) is 0 Å². The van der Waals surface area contributed by atoms with Gasteiger partial charge in [0.25, 0.3) is 5.91 Å². The van der Waals surface area contributed by atoms with Crippen LogP contribution in [0.3, 0.4) is 0 Å². The molecule has 9 heteroatoms. The predicted octanol–water partition coefficient (Wildman–Crippen LogP) is 2.73. The van der Waals surface area contributed by atoms with Crippen molar-refractivity contribution in [2.24, 2.45) is 5.10 Å². The molecule has 2 aromatic carbocycles. The van der Waals surface area contributed by atoms with Crippen LogP contribution in [0.25, 0.3) is 0 Å². The van der Waals surface area contributed by atoms with Crippen LogP contribution < -0.4 is 10.2 Å². The number of halogens is 1. The smallest absolute Gasteiger partial charge is 0.315 e. The van der Waals surface area contributed by atoms with E-state index in [9.17, 15) is 20.0 Å². The molecule has 0 unspecified atom stereocenters. The zero-order valence-electron chi connectivity index (χ0n) is 12.4. The highest BCUT2D eigenvalue weighted by Gasteiger charge is 2.18. The molecule has 0 atom stereocenters. The number of aromatic hydroxyl groups is 1. The van der Waals surface area contributed by atoms with E-state index in [2.05, 4.69) is 10.5 Å². The average molecular weight is 350 g/mol. The number of nitro groups is 1. The highest BCUT2D eigenvalue weighted by molar-refractivity contribution is 6.30. The first-order valence-corrected chi connectivity index (χ1v) is 6.94. The Morgan fingerprint density at radius 2 is 2.04 bits per heavy atom. The molecule has 1 amide bonds. The number of amides is 1. The van der Waals surface area contributed by atoms with Crippen LogP contribution in [-0.4, -0.2) is 29.3 Å². The standard InChI is InChI=1S/C15H12ClN3O5/c1-24-12-6-10(14(20)13(7-12)19(22)23)8-17-18-15(21)9-2-4-11(16)5-3-9/h2-8,20H,1H3,(H,18,21)/b17-8+. The van der Waals surface area contributed by atoms with Crippen LogP contribution >= 0.6 is 11.6 Å². The van der Waals surface area contributed by atoms with Gasteiger partial charge in [0.2, 0.25) is 5.75 Å². The number of benzene rings is 2. The van der Waals surface area contributed by atoms with Gasteiger partial charge in [0.05, 0.1) is 24.3 Å². The van der Waals surface area contributed by atoms with Crippen LogP contribution in [0.2, 0.25) is 5.02 Å². The van der Waals surface area contributed by atoms with Crippen molar-refractivity contribution in [2.45, 2.75) is 0 Å². The Hall–Kier alpha value is -3.13. The maximum absolute atomic E-state index is 11.9. The van der Waals surface area contributed by atoms with E-state index in [4.69, 9.17) is 16.3 Å². The Balaban J connectivity index is 2.19. The van der Waals surface area contributed by atoms with Crippen molar-refractivity contribution in [3.8, 4) is 11.5 Å². The fourth-order valence-electron chi connectivity index (χ4n) is 1.80. The maximum Gasteiger partial charge on any atom is 0.315 e. The van der Waals surface area contributed by atoms with Gasteiger partial charge in [0, 0.05) is 16.1 Å². The molecular weight excluding hydrogens is 338 g/mol. The predicted molar refractivity (Wildman–Crippen MR) is 87.8 cm³/mol. The van der Waals surface area contributed by atoms with Gasteiger partial charge in [-0.1, -0.05) is 11.6 Å². The molecule has 24 heavy (non-hydrogen) atoms. The highest BCUT2D eigenvalue weighted by Crippen LogP contribution is 2.33.